The maximum atomic E-state index is 11.5. The molecule has 0 saturated carbocycles. The van der Waals surface area contributed by atoms with Gasteiger partial charge in [0.05, 0.1) is 6.34 Å². The van der Waals surface area contributed by atoms with E-state index in [0.717, 1.165) is 19.4 Å². The molecule has 4 heteroatoms. The van der Waals surface area contributed by atoms with E-state index in [2.05, 4.69) is 0 Å². The molecule has 1 amide bonds. The van der Waals surface area contributed by atoms with Crippen molar-refractivity contribution >= 4 is 12.2 Å². The van der Waals surface area contributed by atoms with Gasteiger partial charge in [-0.15, -0.1) is 0 Å². The van der Waals surface area contributed by atoms with Gasteiger partial charge in [0.15, 0.2) is 0 Å². The van der Waals surface area contributed by atoms with Crippen molar-refractivity contribution in [1.29, 1.82) is 5.41 Å². The van der Waals surface area contributed by atoms with E-state index in [1.54, 1.807) is 23.9 Å². The molecular formula is C8H15N3O. The van der Waals surface area contributed by atoms with Gasteiger partial charge in [-0.2, -0.15) is 0 Å². The maximum absolute atomic E-state index is 11.5. The predicted molar refractivity (Wildman–Crippen MR) is 47.2 cm³/mol. The van der Waals surface area contributed by atoms with E-state index in [1.165, 1.54) is 6.34 Å². The first-order valence-corrected chi connectivity index (χ1v) is 4.14. The van der Waals surface area contributed by atoms with E-state index < -0.39 is 0 Å². The van der Waals surface area contributed by atoms with E-state index in [-0.39, 0.29) is 11.9 Å². The molecule has 1 aliphatic heterocycles. The van der Waals surface area contributed by atoms with Crippen molar-refractivity contribution in [3.8, 4) is 0 Å². The Hall–Kier alpha value is -1.06. The molecule has 1 fully saturated rings. The second kappa shape index (κ2) is 3.56. The molecule has 1 unspecified atom stereocenters. The zero-order valence-electron chi connectivity index (χ0n) is 7.58. The number of amides is 1. The molecule has 1 N–H and O–H groups in total. The van der Waals surface area contributed by atoms with Crippen LogP contribution in [0.5, 0.6) is 0 Å². The average Bonchev–Trinajstić information content (AvgIpc) is 2.49. The number of likely N-dealkylation sites (tertiary alicyclic amines) is 1. The lowest BCUT2D eigenvalue weighted by Crippen LogP contribution is -2.41. The van der Waals surface area contributed by atoms with Crippen molar-refractivity contribution in [3.63, 3.8) is 0 Å². The number of hydrogen-bond donors (Lipinski definition) is 1. The van der Waals surface area contributed by atoms with Crippen molar-refractivity contribution in [2.24, 2.45) is 0 Å². The fraction of sp³-hybridized carbons (Fsp3) is 0.750. The van der Waals surface area contributed by atoms with Gasteiger partial charge in [0.25, 0.3) is 0 Å². The second-order valence-electron chi connectivity index (χ2n) is 3.26. The van der Waals surface area contributed by atoms with Crippen LogP contribution >= 0.6 is 0 Å². The van der Waals surface area contributed by atoms with Crippen LogP contribution < -0.4 is 0 Å². The highest BCUT2D eigenvalue weighted by molar-refractivity contribution is 5.83. The molecule has 1 heterocycles. The summed E-state index contributed by atoms with van der Waals surface area (Å²) in [4.78, 5) is 14.9. The molecule has 0 aromatic rings. The molecule has 4 nitrogen and oxygen atoms in total. The fourth-order valence-corrected chi connectivity index (χ4v) is 1.51. The van der Waals surface area contributed by atoms with Gasteiger partial charge in [0, 0.05) is 20.6 Å². The highest BCUT2D eigenvalue weighted by Crippen LogP contribution is 2.16. The van der Waals surface area contributed by atoms with E-state index in [1.807, 2.05) is 0 Å². The van der Waals surface area contributed by atoms with Crippen molar-refractivity contribution < 1.29 is 4.79 Å². The van der Waals surface area contributed by atoms with E-state index in [9.17, 15) is 4.79 Å². The van der Waals surface area contributed by atoms with Crippen molar-refractivity contribution in [2.75, 3.05) is 20.6 Å². The van der Waals surface area contributed by atoms with Crippen LogP contribution in [0.3, 0.4) is 0 Å². The minimum absolute atomic E-state index is 0.0856. The SMILES string of the molecule is CN(C)C(=O)C1CCCN1C=N. The highest BCUT2D eigenvalue weighted by Gasteiger charge is 2.29. The molecular weight excluding hydrogens is 154 g/mol. The number of carbonyl (C=O) groups excluding carboxylic acids is 1. The topological polar surface area (TPSA) is 47.4 Å². The highest BCUT2D eigenvalue weighted by atomic mass is 16.2. The van der Waals surface area contributed by atoms with Crippen LogP contribution in [-0.2, 0) is 4.79 Å². The van der Waals surface area contributed by atoms with E-state index in [4.69, 9.17) is 5.41 Å². The quantitative estimate of drug-likeness (QED) is 0.472. The molecule has 1 aliphatic rings. The summed E-state index contributed by atoms with van der Waals surface area (Å²) in [5.74, 6) is 0.107. The minimum Gasteiger partial charge on any atom is -0.351 e. The van der Waals surface area contributed by atoms with Gasteiger partial charge in [0.2, 0.25) is 5.91 Å². The van der Waals surface area contributed by atoms with Crippen LogP contribution in [-0.4, -0.2) is 48.7 Å². The Bertz CT molecular complexity index is 191. The molecule has 12 heavy (non-hydrogen) atoms. The Labute approximate surface area is 72.7 Å². The summed E-state index contributed by atoms with van der Waals surface area (Å²) in [7, 11) is 3.51. The van der Waals surface area contributed by atoms with Crippen molar-refractivity contribution in [3.05, 3.63) is 0 Å². The number of carbonyl (C=O) groups is 1. The average molecular weight is 169 g/mol. The summed E-state index contributed by atoms with van der Waals surface area (Å²) in [6, 6.07) is -0.0856. The zero-order chi connectivity index (χ0) is 9.14. The van der Waals surface area contributed by atoms with Crippen molar-refractivity contribution in [2.45, 2.75) is 18.9 Å². The fourth-order valence-electron chi connectivity index (χ4n) is 1.51. The number of likely N-dealkylation sites (N-methyl/N-ethyl adjacent to an activating group) is 1. The monoisotopic (exact) mass is 169 g/mol. The van der Waals surface area contributed by atoms with Gasteiger partial charge in [-0.05, 0) is 12.8 Å². The molecule has 0 bridgehead atoms. The molecule has 0 aromatic carbocycles. The number of nitrogens with zero attached hydrogens (tertiary/aromatic N) is 2. The summed E-state index contributed by atoms with van der Waals surface area (Å²) in [6.07, 6.45) is 3.16. The van der Waals surface area contributed by atoms with Crippen LogP contribution in [0, 0.1) is 5.41 Å². The second-order valence-corrected chi connectivity index (χ2v) is 3.26. The summed E-state index contributed by atoms with van der Waals surface area (Å²) in [5, 5.41) is 7.09. The molecule has 1 atom stereocenters. The summed E-state index contributed by atoms with van der Waals surface area (Å²) >= 11 is 0. The lowest BCUT2D eigenvalue weighted by molar-refractivity contribution is -0.132. The van der Waals surface area contributed by atoms with Crippen LogP contribution in [0.25, 0.3) is 0 Å². The molecule has 0 aromatic heterocycles. The Morgan fingerprint density at radius 3 is 2.83 bits per heavy atom. The molecule has 1 rings (SSSR count). The van der Waals surface area contributed by atoms with Gasteiger partial charge in [0.1, 0.15) is 6.04 Å². The lowest BCUT2D eigenvalue weighted by atomic mass is 10.2. The summed E-state index contributed by atoms with van der Waals surface area (Å²) in [6.45, 7) is 0.841. The maximum Gasteiger partial charge on any atom is 0.244 e. The largest absolute Gasteiger partial charge is 0.351 e. The van der Waals surface area contributed by atoms with Gasteiger partial charge in [-0.25, -0.2) is 0 Å². The standard InChI is InChI=1S/C8H15N3O/c1-10(2)8(12)7-4-3-5-11(7)6-9/h6-7,9H,3-5H2,1-2H3. The van der Waals surface area contributed by atoms with E-state index in [0.29, 0.717) is 0 Å². The molecule has 68 valence electrons. The molecule has 0 spiro atoms. The Morgan fingerprint density at radius 2 is 2.33 bits per heavy atom. The first-order chi connectivity index (χ1) is 5.66. The third kappa shape index (κ3) is 1.57. The summed E-state index contributed by atoms with van der Waals surface area (Å²) in [5.41, 5.74) is 0. The Balaban J connectivity index is 2.61. The number of rotatable bonds is 2. The molecule has 0 aliphatic carbocycles. The minimum atomic E-state index is -0.0856. The number of hydrogen-bond acceptors (Lipinski definition) is 2. The predicted octanol–water partition coefficient (Wildman–Crippen LogP) is 0.146. The van der Waals surface area contributed by atoms with E-state index >= 15 is 0 Å². The normalized spacial score (nSPS) is 22.5. The van der Waals surface area contributed by atoms with Gasteiger partial charge < -0.3 is 9.80 Å². The summed E-state index contributed by atoms with van der Waals surface area (Å²) < 4.78 is 0. The first kappa shape index (κ1) is 9.03. The van der Waals surface area contributed by atoms with Crippen LogP contribution in [0.2, 0.25) is 0 Å². The van der Waals surface area contributed by atoms with Gasteiger partial charge in [-0.3, -0.25) is 10.2 Å². The lowest BCUT2D eigenvalue weighted by Gasteiger charge is -2.23. The zero-order valence-corrected chi connectivity index (χ0v) is 7.58. The number of nitrogens with one attached hydrogen (secondary N) is 1. The third-order valence-electron chi connectivity index (χ3n) is 2.19. The van der Waals surface area contributed by atoms with Gasteiger partial charge >= 0.3 is 0 Å². The van der Waals surface area contributed by atoms with Crippen LogP contribution in [0.15, 0.2) is 0 Å². The Morgan fingerprint density at radius 1 is 1.67 bits per heavy atom. The smallest absolute Gasteiger partial charge is 0.244 e. The molecule has 0 radical (unpaired) electrons. The third-order valence-corrected chi connectivity index (χ3v) is 2.19. The van der Waals surface area contributed by atoms with Gasteiger partial charge in [-0.1, -0.05) is 0 Å². The Kier molecular flexibility index (Phi) is 2.68. The molecule has 1 saturated heterocycles. The first-order valence-electron chi connectivity index (χ1n) is 4.14. The van der Waals surface area contributed by atoms with Crippen molar-refractivity contribution in [1.82, 2.24) is 9.80 Å². The van der Waals surface area contributed by atoms with Crippen LogP contribution in [0.1, 0.15) is 12.8 Å². The van der Waals surface area contributed by atoms with Crippen LogP contribution in [0.4, 0.5) is 0 Å².